The first-order chi connectivity index (χ1) is 13.8. The Hall–Kier alpha value is -2.54. The number of ether oxygens (including phenoxy) is 1. The number of rotatable bonds is 7. The molecule has 0 aromatic heterocycles. The maximum atomic E-state index is 13.2. The van der Waals surface area contributed by atoms with Crippen molar-refractivity contribution in [2.45, 2.75) is 44.6 Å². The summed E-state index contributed by atoms with van der Waals surface area (Å²) in [7, 11) is -3.66. The van der Waals surface area contributed by atoms with Gasteiger partial charge in [0.1, 0.15) is 5.75 Å². The van der Waals surface area contributed by atoms with E-state index >= 15 is 0 Å². The Morgan fingerprint density at radius 3 is 2.48 bits per heavy atom. The molecule has 0 unspecified atom stereocenters. The first kappa shape index (κ1) is 21.2. The topological polar surface area (TPSA) is 75.7 Å². The number of hydrogen-bond donors (Lipinski definition) is 1. The van der Waals surface area contributed by atoms with Crippen LogP contribution >= 0.6 is 0 Å². The summed E-state index contributed by atoms with van der Waals surface area (Å²) >= 11 is 0. The third kappa shape index (κ3) is 4.90. The summed E-state index contributed by atoms with van der Waals surface area (Å²) in [6, 6.07) is 13.8. The fraction of sp³-hybridized carbons (Fsp3) is 0.409. The summed E-state index contributed by atoms with van der Waals surface area (Å²) in [6.07, 6.45) is 1.01. The zero-order chi connectivity index (χ0) is 21.0. The molecule has 29 heavy (non-hydrogen) atoms. The van der Waals surface area contributed by atoms with E-state index < -0.39 is 16.1 Å². The van der Waals surface area contributed by atoms with E-state index in [1.165, 1.54) is 16.4 Å². The van der Waals surface area contributed by atoms with E-state index in [2.05, 4.69) is 5.32 Å². The second kappa shape index (κ2) is 8.86. The standard InChI is InChI=1S/C22H28N2O4S/c1-16(2)15-23-22(25)17(3)28-19-10-12-20(13-11-19)29(26,27)24-14-6-8-18-7-4-5-9-21(18)24/h4-5,7,9-13,16-17H,6,8,14-15H2,1-3H3,(H,23,25)/t17-/m1/s1. The van der Waals surface area contributed by atoms with Gasteiger partial charge in [0.25, 0.3) is 15.9 Å². The van der Waals surface area contributed by atoms with Crippen LogP contribution in [0.5, 0.6) is 5.75 Å². The van der Waals surface area contributed by atoms with Crippen LogP contribution in [-0.2, 0) is 21.2 Å². The Balaban J connectivity index is 1.72. The van der Waals surface area contributed by atoms with Crippen molar-refractivity contribution in [3.63, 3.8) is 0 Å². The van der Waals surface area contributed by atoms with E-state index in [0.29, 0.717) is 24.8 Å². The lowest BCUT2D eigenvalue weighted by molar-refractivity contribution is -0.127. The normalized spacial score (nSPS) is 15.0. The van der Waals surface area contributed by atoms with Gasteiger partial charge in [-0.05, 0) is 61.6 Å². The van der Waals surface area contributed by atoms with Gasteiger partial charge in [-0.15, -0.1) is 0 Å². The van der Waals surface area contributed by atoms with Gasteiger partial charge in [0.2, 0.25) is 0 Å². The summed E-state index contributed by atoms with van der Waals surface area (Å²) in [5.41, 5.74) is 1.79. The van der Waals surface area contributed by atoms with Crippen molar-refractivity contribution in [1.29, 1.82) is 0 Å². The monoisotopic (exact) mass is 416 g/mol. The van der Waals surface area contributed by atoms with Crippen LogP contribution in [0.3, 0.4) is 0 Å². The maximum absolute atomic E-state index is 13.2. The van der Waals surface area contributed by atoms with E-state index in [0.717, 1.165) is 24.1 Å². The molecular weight excluding hydrogens is 388 g/mol. The van der Waals surface area contributed by atoms with Gasteiger partial charge >= 0.3 is 0 Å². The Morgan fingerprint density at radius 2 is 1.79 bits per heavy atom. The lowest BCUT2D eigenvalue weighted by atomic mass is 10.0. The summed E-state index contributed by atoms with van der Waals surface area (Å²) in [5.74, 6) is 0.617. The lowest BCUT2D eigenvalue weighted by Gasteiger charge is -2.30. The third-order valence-electron chi connectivity index (χ3n) is 4.85. The Kier molecular flexibility index (Phi) is 6.47. The lowest BCUT2D eigenvalue weighted by Crippen LogP contribution is -2.38. The number of para-hydroxylation sites is 1. The van der Waals surface area contributed by atoms with E-state index in [4.69, 9.17) is 4.74 Å². The van der Waals surface area contributed by atoms with Crippen LogP contribution in [0.1, 0.15) is 32.8 Å². The molecule has 0 radical (unpaired) electrons. The van der Waals surface area contributed by atoms with Crippen molar-refractivity contribution < 1.29 is 17.9 Å². The average molecular weight is 417 g/mol. The molecule has 156 valence electrons. The predicted octanol–water partition coefficient (Wildman–Crippen LogP) is 3.37. The Labute approximate surface area is 172 Å². The highest BCUT2D eigenvalue weighted by atomic mass is 32.2. The van der Waals surface area contributed by atoms with Gasteiger partial charge in [-0.2, -0.15) is 0 Å². The smallest absolute Gasteiger partial charge is 0.264 e. The maximum Gasteiger partial charge on any atom is 0.264 e. The van der Waals surface area contributed by atoms with Gasteiger partial charge in [-0.25, -0.2) is 8.42 Å². The molecule has 3 rings (SSSR count). The molecule has 1 aliphatic rings. The second-order valence-corrected chi connectivity index (χ2v) is 9.54. The molecule has 0 fully saturated rings. The molecule has 0 aliphatic carbocycles. The van der Waals surface area contributed by atoms with Crippen LogP contribution < -0.4 is 14.4 Å². The first-order valence-electron chi connectivity index (χ1n) is 9.94. The number of carbonyl (C=O) groups excluding carboxylic acids is 1. The van der Waals surface area contributed by atoms with Crippen LogP contribution in [-0.4, -0.2) is 33.5 Å². The summed E-state index contributed by atoms with van der Waals surface area (Å²) in [4.78, 5) is 12.3. The average Bonchev–Trinajstić information content (AvgIpc) is 2.71. The molecule has 1 atom stereocenters. The Bertz CT molecular complexity index is 955. The number of sulfonamides is 1. The fourth-order valence-electron chi connectivity index (χ4n) is 3.27. The summed E-state index contributed by atoms with van der Waals surface area (Å²) in [6.45, 7) is 6.76. The largest absolute Gasteiger partial charge is 0.481 e. The number of nitrogens with one attached hydrogen (secondary N) is 1. The van der Waals surface area contributed by atoms with Crippen molar-refractivity contribution in [3.8, 4) is 5.75 Å². The molecule has 0 saturated carbocycles. The van der Waals surface area contributed by atoms with Crippen LogP contribution in [0.4, 0.5) is 5.69 Å². The molecule has 0 bridgehead atoms. The van der Waals surface area contributed by atoms with Crippen LogP contribution in [0.15, 0.2) is 53.4 Å². The highest BCUT2D eigenvalue weighted by Gasteiger charge is 2.29. The zero-order valence-electron chi connectivity index (χ0n) is 17.1. The van der Waals surface area contributed by atoms with E-state index in [9.17, 15) is 13.2 Å². The molecule has 0 saturated heterocycles. The molecule has 1 heterocycles. The van der Waals surface area contributed by atoms with Gasteiger partial charge < -0.3 is 10.1 Å². The molecule has 2 aromatic carbocycles. The highest BCUT2D eigenvalue weighted by molar-refractivity contribution is 7.92. The predicted molar refractivity (Wildman–Crippen MR) is 114 cm³/mol. The van der Waals surface area contributed by atoms with Crippen molar-refractivity contribution in [1.82, 2.24) is 5.32 Å². The number of hydrogen-bond acceptors (Lipinski definition) is 4. The SMILES string of the molecule is CC(C)CNC(=O)[C@@H](C)Oc1ccc(S(=O)(=O)N2CCCc3ccccc32)cc1. The van der Waals surface area contributed by atoms with Crippen LogP contribution in [0.25, 0.3) is 0 Å². The van der Waals surface area contributed by atoms with E-state index in [1.807, 2.05) is 38.1 Å². The van der Waals surface area contributed by atoms with Crippen molar-refractivity contribution in [3.05, 3.63) is 54.1 Å². The molecule has 1 N–H and O–H groups in total. The van der Waals surface area contributed by atoms with Gasteiger partial charge in [-0.3, -0.25) is 9.10 Å². The number of carbonyl (C=O) groups is 1. The third-order valence-corrected chi connectivity index (χ3v) is 6.67. The summed E-state index contributed by atoms with van der Waals surface area (Å²) < 4.78 is 33.5. The minimum absolute atomic E-state index is 0.194. The molecule has 7 heteroatoms. The molecule has 0 spiro atoms. The molecule has 1 amide bonds. The number of benzene rings is 2. The van der Waals surface area contributed by atoms with Crippen LogP contribution in [0.2, 0.25) is 0 Å². The number of nitrogens with zero attached hydrogens (tertiary/aromatic N) is 1. The van der Waals surface area contributed by atoms with Crippen molar-refractivity contribution in [2.24, 2.45) is 5.92 Å². The first-order valence-corrected chi connectivity index (χ1v) is 11.4. The molecule has 6 nitrogen and oxygen atoms in total. The van der Waals surface area contributed by atoms with Crippen LogP contribution in [0, 0.1) is 5.92 Å². The van der Waals surface area contributed by atoms with Crippen molar-refractivity contribution >= 4 is 21.6 Å². The van der Waals surface area contributed by atoms with E-state index in [1.54, 1.807) is 19.1 Å². The van der Waals surface area contributed by atoms with Gasteiger partial charge in [0, 0.05) is 13.1 Å². The fourth-order valence-corrected chi connectivity index (χ4v) is 4.81. The Morgan fingerprint density at radius 1 is 1.10 bits per heavy atom. The highest BCUT2D eigenvalue weighted by Crippen LogP contribution is 2.32. The zero-order valence-corrected chi connectivity index (χ0v) is 17.9. The number of fused-ring (bicyclic) bond motifs is 1. The minimum Gasteiger partial charge on any atom is -0.481 e. The quantitative estimate of drug-likeness (QED) is 0.751. The van der Waals surface area contributed by atoms with Crippen molar-refractivity contribution in [2.75, 3.05) is 17.4 Å². The molecule has 1 aliphatic heterocycles. The number of aryl methyl sites for hydroxylation is 1. The summed E-state index contributed by atoms with van der Waals surface area (Å²) in [5, 5.41) is 2.82. The number of anilines is 1. The van der Waals surface area contributed by atoms with Gasteiger partial charge in [0.15, 0.2) is 6.10 Å². The molecular formula is C22H28N2O4S. The number of amides is 1. The minimum atomic E-state index is -3.66. The van der Waals surface area contributed by atoms with Gasteiger partial charge in [0.05, 0.1) is 10.6 Å². The molecule has 2 aromatic rings. The van der Waals surface area contributed by atoms with E-state index in [-0.39, 0.29) is 10.8 Å². The second-order valence-electron chi connectivity index (χ2n) is 7.68. The van der Waals surface area contributed by atoms with Gasteiger partial charge in [-0.1, -0.05) is 32.0 Å².